The van der Waals surface area contributed by atoms with Crippen molar-refractivity contribution in [1.29, 1.82) is 0 Å². The fraction of sp³-hybridized carbons (Fsp3) is 0.222. The Kier molecular flexibility index (Phi) is 2.75. The molecule has 0 saturated heterocycles. The minimum atomic E-state index is -0.989. The van der Waals surface area contributed by atoms with Gasteiger partial charge in [-0.25, -0.2) is 4.79 Å². The molecule has 2 aromatic carbocycles. The second-order valence-electron chi connectivity index (χ2n) is 5.99. The van der Waals surface area contributed by atoms with E-state index in [4.69, 9.17) is 4.74 Å². The van der Waals surface area contributed by atoms with Gasteiger partial charge in [-0.05, 0) is 41.8 Å². The highest BCUT2D eigenvalue weighted by molar-refractivity contribution is 6.10. The van der Waals surface area contributed by atoms with Crippen LogP contribution in [-0.4, -0.2) is 24.1 Å². The molecule has 1 spiro atoms. The Labute approximate surface area is 132 Å². The summed E-state index contributed by atoms with van der Waals surface area (Å²) < 4.78 is 5.41. The fourth-order valence-electron chi connectivity index (χ4n) is 3.65. The van der Waals surface area contributed by atoms with Gasteiger partial charge in [-0.3, -0.25) is 4.79 Å². The number of anilines is 1. The molecule has 1 saturated carbocycles. The van der Waals surface area contributed by atoms with Crippen LogP contribution in [0.3, 0.4) is 0 Å². The summed E-state index contributed by atoms with van der Waals surface area (Å²) in [6.45, 7) is 0. The largest absolute Gasteiger partial charge is 0.496 e. The molecule has 0 bridgehead atoms. The third-order valence-corrected chi connectivity index (χ3v) is 4.88. The molecule has 2 unspecified atom stereocenters. The standard InChI is InChI=1S/C18H15NO4/c1-23-15-5-3-2-4-11(15)13-9-18(13)12-8-10(16(20)21)6-7-14(12)19-17(18)22/h2-8,13H,9H2,1H3,(H,19,22)(H,20,21). The first-order valence-corrected chi connectivity index (χ1v) is 7.40. The fourth-order valence-corrected chi connectivity index (χ4v) is 3.65. The first kappa shape index (κ1) is 13.8. The monoisotopic (exact) mass is 309 g/mol. The third-order valence-electron chi connectivity index (χ3n) is 4.88. The van der Waals surface area contributed by atoms with Crippen molar-refractivity contribution < 1.29 is 19.4 Å². The molecule has 2 aliphatic rings. The summed E-state index contributed by atoms with van der Waals surface area (Å²) in [6.07, 6.45) is 0.662. The number of fused-ring (bicyclic) bond motifs is 2. The number of para-hydroxylation sites is 1. The van der Waals surface area contributed by atoms with Crippen molar-refractivity contribution in [2.75, 3.05) is 12.4 Å². The van der Waals surface area contributed by atoms with Crippen LogP contribution in [-0.2, 0) is 10.2 Å². The van der Waals surface area contributed by atoms with Crippen LogP contribution < -0.4 is 10.1 Å². The van der Waals surface area contributed by atoms with E-state index in [0.717, 1.165) is 16.9 Å². The van der Waals surface area contributed by atoms with E-state index in [1.165, 1.54) is 6.07 Å². The van der Waals surface area contributed by atoms with Crippen molar-refractivity contribution in [3.05, 3.63) is 59.2 Å². The molecule has 1 aliphatic carbocycles. The van der Waals surface area contributed by atoms with Crippen molar-refractivity contribution in [1.82, 2.24) is 0 Å². The normalized spacial score (nSPS) is 24.2. The van der Waals surface area contributed by atoms with Crippen LogP contribution in [0.5, 0.6) is 5.75 Å². The number of carboxylic acid groups (broad SMARTS) is 1. The topological polar surface area (TPSA) is 75.6 Å². The number of hydrogen-bond acceptors (Lipinski definition) is 3. The summed E-state index contributed by atoms with van der Waals surface area (Å²) in [7, 11) is 1.61. The number of aromatic carboxylic acids is 1. The molecule has 1 aliphatic heterocycles. The Balaban J connectivity index is 1.81. The molecule has 5 nitrogen and oxygen atoms in total. The molecule has 1 fully saturated rings. The summed E-state index contributed by atoms with van der Waals surface area (Å²) in [5.41, 5.74) is 2.00. The van der Waals surface area contributed by atoms with E-state index in [-0.39, 0.29) is 17.4 Å². The molecule has 2 atom stereocenters. The molecular weight excluding hydrogens is 294 g/mol. The summed E-state index contributed by atoms with van der Waals surface area (Å²) in [4.78, 5) is 23.8. The maximum Gasteiger partial charge on any atom is 0.335 e. The number of carboxylic acids is 1. The predicted molar refractivity (Wildman–Crippen MR) is 84.1 cm³/mol. The van der Waals surface area contributed by atoms with Gasteiger partial charge in [0.1, 0.15) is 5.75 Å². The lowest BCUT2D eigenvalue weighted by atomic mass is 9.90. The number of carbonyl (C=O) groups excluding carboxylic acids is 1. The molecule has 4 rings (SSSR count). The molecule has 1 amide bonds. The second-order valence-corrected chi connectivity index (χ2v) is 5.99. The Morgan fingerprint density at radius 1 is 1.30 bits per heavy atom. The van der Waals surface area contributed by atoms with Crippen LogP contribution in [0.25, 0.3) is 0 Å². The zero-order chi connectivity index (χ0) is 16.2. The first-order chi connectivity index (χ1) is 11.1. The van der Waals surface area contributed by atoms with Crippen LogP contribution >= 0.6 is 0 Å². The van der Waals surface area contributed by atoms with Crippen molar-refractivity contribution in [3.63, 3.8) is 0 Å². The third kappa shape index (κ3) is 1.79. The minimum Gasteiger partial charge on any atom is -0.496 e. The van der Waals surface area contributed by atoms with Gasteiger partial charge in [0.05, 0.1) is 18.1 Å². The van der Waals surface area contributed by atoms with E-state index in [9.17, 15) is 14.7 Å². The zero-order valence-corrected chi connectivity index (χ0v) is 12.5. The average Bonchev–Trinajstić information content (AvgIpc) is 3.24. The highest BCUT2D eigenvalue weighted by Gasteiger charge is 2.65. The maximum atomic E-state index is 12.6. The quantitative estimate of drug-likeness (QED) is 0.914. The Bertz CT molecular complexity index is 845. The van der Waals surface area contributed by atoms with Crippen molar-refractivity contribution >= 4 is 17.6 Å². The van der Waals surface area contributed by atoms with E-state index < -0.39 is 11.4 Å². The number of hydrogen-bond donors (Lipinski definition) is 2. The molecule has 2 aromatic rings. The summed E-state index contributed by atoms with van der Waals surface area (Å²) in [6, 6.07) is 12.5. The number of amides is 1. The lowest BCUT2D eigenvalue weighted by Gasteiger charge is -2.12. The molecule has 116 valence electrons. The van der Waals surface area contributed by atoms with Gasteiger partial charge in [0.2, 0.25) is 5.91 Å². The highest BCUT2D eigenvalue weighted by atomic mass is 16.5. The summed E-state index contributed by atoms with van der Waals surface area (Å²) in [5, 5.41) is 12.1. The first-order valence-electron chi connectivity index (χ1n) is 7.40. The zero-order valence-electron chi connectivity index (χ0n) is 12.5. The molecule has 0 radical (unpaired) electrons. The van der Waals surface area contributed by atoms with Gasteiger partial charge in [0, 0.05) is 11.6 Å². The van der Waals surface area contributed by atoms with E-state index in [1.54, 1.807) is 19.2 Å². The summed E-state index contributed by atoms with van der Waals surface area (Å²) >= 11 is 0. The predicted octanol–water partition coefficient (Wildman–Crippen LogP) is 2.77. The van der Waals surface area contributed by atoms with Crippen molar-refractivity contribution in [2.45, 2.75) is 17.8 Å². The van der Waals surface area contributed by atoms with Gasteiger partial charge in [-0.2, -0.15) is 0 Å². The number of carbonyl (C=O) groups is 2. The second kappa shape index (κ2) is 4.59. The Morgan fingerprint density at radius 3 is 2.83 bits per heavy atom. The number of nitrogens with one attached hydrogen (secondary N) is 1. The van der Waals surface area contributed by atoms with Gasteiger partial charge in [-0.15, -0.1) is 0 Å². The molecule has 23 heavy (non-hydrogen) atoms. The molecular formula is C18H15NO4. The van der Waals surface area contributed by atoms with Gasteiger partial charge in [-0.1, -0.05) is 18.2 Å². The average molecular weight is 309 g/mol. The van der Waals surface area contributed by atoms with Gasteiger partial charge < -0.3 is 15.2 Å². The van der Waals surface area contributed by atoms with Gasteiger partial charge >= 0.3 is 5.97 Å². The number of rotatable bonds is 3. The molecule has 1 heterocycles. The number of methoxy groups -OCH3 is 1. The lowest BCUT2D eigenvalue weighted by Crippen LogP contribution is -2.21. The van der Waals surface area contributed by atoms with E-state index in [2.05, 4.69) is 5.32 Å². The van der Waals surface area contributed by atoms with Crippen LogP contribution in [0.1, 0.15) is 33.8 Å². The van der Waals surface area contributed by atoms with Gasteiger partial charge in [0.25, 0.3) is 0 Å². The van der Waals surface area contributed by atoms with Gasteiger partial charge in [0.15, 0.2) is 0 Å². The number of benzene rings is 2. The lowest BCUT2D eigenvalue weighted by molar-refractivity contribution is -0.118. The van der Waals surface area contributed by atoms with Crippen LogP contribution in [0.4, 0.5) is 5.69 Å². The Morgan fingerprint density at radius 2 is 2.09 bits per heavy atom. The molecule has 2 N–H and O–H groups in total. The molecule has 0 aromatic heterocycles. The van der Waals surface area contributed by atoms with Crippen LogP contribution in [0.2, 0.25) is 0 Å². The summed E-state index contributed by atoms with van der Waals surface area (Å²) in [5.74, 6) is -0.295. The van der Waals surface area contributed by atoms with E-state index in [1.807, 2.05) is 24.3 Å². The van der Waals surface area contributed by atoms with E-state index in [0.29, 0.717) is 12.1 Å². The molecule has 5 heteroatoms. The smallest absolute Gasteiger partial charge is 0.335 e. The Hall–Kier alpha value is -2.82. The van der Waals surface area contributed by atoms with Crippen LogP contribution in [0, 0.1) is 0 Å². The van der Waals surface area contributed by atoms with E-state index >= 15 is 0 Å². The van der Waals surface area contributed by atoms with Crippen molar-refractivity contribution in [3.8, 4) is 5.75 Å². The number of ether oxygens (including phenoxy) is 1. The minimum absolute atomic E-state index is 0.00365. The maximum absolute atomic E-state index is 12.6. The van der Waals surface area contributed by atoms with Crippen LogP contribution in [0.15, 0.2) is 42.5 Å². The highest BCUT2D eigenvalue weighted by Crippen LogP contribution is 2.66. The van der Waals surface area contributed by atoms with Crippen molar-refractivity contribution in [2.24, 2.45) is 0 Å². The SMILES string of the molecule is COc1ccccc1C1CC12C(=O)Nc1ccc(C(=O)O)cc12.